The minimum atomic E-state index is -4.60. The van der Waals surface area contributed by atoms with Crippen LogP contribution >= 0.6 is 0 Å². The highest BCUT2D eigenvalue weighted by atomic mass is 32.2. The van der Waals surface area contributed by atoms with E-state index in [0.29, 0.717) is 37.3 Å². The fourth-order valence-corrected chi connectivity index (χ4v) is 13.9. The van der Waals surface area contributed by atoms with Crippen LogP contribution in [0.4, 0.5) is 21.6 Å². The number of hydrogen-bond donors (Lipinski definition) is 5. The summed E-state index contributed by atoms with van der Waals surface area (Å²) in [6.07, 6.45) is 11.7. The lowest BCUT2D eigenvalue weighted by atomic mass is 9.59. The molecule has 18 nitrogen and oxygen atoms in total. The second-order valence-corrected chi connectivity index (χ2v) is 25.6. The molecule has 3 saturated carbocycles. The smallest absolute Gasteiger partial charge is 0.268 e. The highest BCUT2D eigenvalue weighted by Gasteiger charge is 2.50. The SMILES string of the molecule is CCOc1nc2[nH]cc(F)c2cc1Oc1cc(N2CCC3(CC2)CC(N2CCN(Cc4ccc(C5CC5)c(OC)n4)C[C@H]2c2ccccc2C(C)C)C3)ccc1C(=O)NS(=O)(=O)c1cnc(NCC2CCC(C)(O)CC2)c([NH+](C)[O-])c1. The lowest BCUT2D eigenvalue weighted by Gasteiger charge is -2.58. The number of sulfonamides is 1. The van der Waals surface area contributed by atoms with E-state index in [2.05, 4.69) is 89.9 Å². The topological polar surface area (TPSA) is 215 Å². The molecule has 6 heterocycles. The van der Waals surface area contributed by atoms with E-state index in [1.165, 1.54) is 61.0 Å². The van der Waals surface area contributed by atoms with Crippen LogP contribution in [0.1, 0.15) is 143 Å². The van der Waals surface area contributed by atoms with Gasteiger partial charge in [-0.2, -0.15) is 4.98 Å². The summed E-state index contributed by atoms with van der Waals surface area (Å²) in [4.78, 5) is 38.2. The van der Waals surface area contributed by atoms with E-state index in [9.17, 15) is 23.5 Å². The summed E-state index contributed by atoms with van der Waals surface area (Å²) in [5, 5.41) is 26.3. The number of amides is 1. The predicted octanol–water partition coefficient (Wildman–Crippen LogP) is 9.12. The quantitative estimate of drug-likeness (QED) is 0.0478. The van der Waals surface area contributed by atoms with Crippen molar-refractivity contribution in [3.63, 3.8) is 0 Å². The molecule has 2 atom stereocenters. The highest BCUT2D eigenvalue weighted by molar-refractivity contribution is 7.90. The molecular formula is C61H77FN10O8S. The third kappa shape index (κ3) is 12.2. The number of nitrogens with zero attached hydrogens (tertiary/aromatic N) is 6. The van der Waals surface area contributed by atoms with Crippen molar-refractivity contribution in [3.8, 4) is 23.3 Å². The Morgan fingerprint density at radius 3 is 2.43 bits per heavy atom. The summed E-state index contributed by atoms with van der Waals surface area (Å²) >= 11 is 0. The number of piperazine rings is 1. The van der Waals surface area contributed by atoms with Gasteiger partial charge in [0, 0.05) is 93.5 Å². The van der Waals surface area contributed by atoms with E-state index in [1.54, 1.807) is 26.2 Å². The van der Waals surface area contributed by atoms with Gasteiger partial charge in [0.1, 0.15) is 22.1 Å². The average molecular weight is 1130 g/mol. The number of aromatic nitrogens is 4. The number of fused-ring (bicyclic) bond motifs is 1. The zero-order valence-corrected chi connectivity index (χ0v) is 48.2. The number of pyridine rings is 3. The van der Waals surface area contributed by atoms with Crippen LogP contribution in [0.25, 0.3) is 11.0 Å². The number of nitrogens with one attached hydrogen (secondary N) is 4. The summed E-state index contributed by atoms with van der Waals surface area (Å²) in [7, 11) is -1.55. The monoisotopic (exact) mass is 1130 g/mol. The Morgan fingerprint density at radius 2 is 1.72 bits per heavy atom. The van der Waals surface area contributed by atoms with Gasteiger partial charge in [0.15, 0.2) is 17.3 Å². The number of rotatable bonds is 19. The van der Waals surface area contributed by atoms with E-state index in [1.807, 2.05) is 6.92 Å². The molecule has 1 spiro atoms. The van der Waals surface area contributed by atoms with Crippen molar-refractivity contribution in [1.82, 2.24) is 34.5 Å². The molecule has 0 bridgehead atoms. The molecular weight excluding hydrogens is 1050 g/mol. The molecule has 1 unspecified atom stereocenters. The number of anilines is 2. The molecule has 5 fully saturated rings. The Hall–Kier alpha value is -6.42. The number of carbonyl (C=O) groups excluding carboxylic acids is 1. The molecule has 432 valence electrons. The molecule has 2 saturated heterocycles. The van der Waals surface area contributed by atoms with Gasteiger partial charge in [0.05, 0.1) is 49.2 Å². The van der Waals surface area contributed by atoms with Crippen LogP contribution < -0.4 is 34.2 Å². The number of piperidine rings is 1. The summed E-state index contributed by atoms with van der Waals surface area (Å²) in [5.74, 6) is 0.718. The first-order valence-corrected chi connectivity index (χ1v) is 30.4. The van der Waals surface area contributed by atoms with Crippen LogP contribution in [0.2, 0.25) is 0 Å². The Bertz CT molecular complexity index is 3360. The van der Waals surface area contributed by atoms with E-state index < -0.39 is 32.4 Å². The fraction of sp³-hybridized carbons (Fsp3) is 0.508. The normalized spacial score (nSPS) is 22.2. The molecule has 81 heavy (non-hydrogen) atoms. The second kappa shape index (κ2) is 23.1. The van der Waals surface area contributed by atoms with Gasteiger partial charge in [0.25, 0.3) is 21.8 Å². The molecule has 6 aromatic rings. The molecule has 2 aromatic carbocycles. The molecule has 20 heteroatoms. The van der Waals surface area contributed by atoms with Gasteiger partial charge in [-0.3, -0.25) is 14.6 Å². The minimum absolute atomic E-state index is 0.00520. The summed E-state index contributed by atoms with van der Waals surface area (Å²) in [5.41, 5.74) is 5.49. The van der Waals surface area contributed by atoms with E-state index in [0.717, 1.165) is 101 Å². The number of aromatic amines is 1. The number of carbonyl (C=O) groups is 1. The molecule has 5 aliphatic rings. The van der Waals surface area contributed by atoms with Crippen LogP contribution in [0.3, 0.4) is 0 Å². The van der Waals surface area contributed by atoms with Gasteiger partial charge in [-0.1, -0.05) is 44.2 Å². The van der Waals surface area contributed by atoms with Gasteiger partial charge in [-0.25, -0.2) is 27.5 Å². The Kier molecular flexibility index (Phi) is 16.1. The number of hydroxylamine groups is 1. The first-order valence-electron chi connectivity index (χ1n) is 28.9. The highest BCUT2D eigenvalue weighted by Crippen LogP contribution is 2.54. The van der Waals surface area contributed by atoms with Crippen molar-refractivity contribution in [2.45, 2.75) is 133 Å². The first kappa shape index (κ1) is 56.4. The predicted molar refractivity (Wildman–Crippen MR) is 309 cm³/mol. The number of ether oxygens (including phenoxy) is 3. The molecule has 0 radical (unpaired) electrons. The number of quaternary nitrogens is 1. The van der Waals surface area contributed by atoms with E-state index in [4.69, 9.17) is 19.2 Å². The van der Waals surface area contributed by atoms with Gasteiger partial charge in [0.2, 0.25) is 5.88 Å². The van der Waals surface area contributed by atoms with Crippen molar-refractivity contribution in [2.75, 3.05) is 70.2 Å². The van der Waals surface area contributed by atoms with Gasteiger partial charge in [-0.05, 0) is 131 Å². The number of methoxy groups -OCH3 is 1. The molecule has 11 rings (SSSR count). The third-order valence-electron chi connectivity index (χ3n) is 17.8. The van der Waals surface area contributed by atoms with Crippen molar-refractivity contribution in [2.24, 2.45) is 11.3 Å². The van der Waals surface area contributed by atoms with Crippen LogP contribution in [0.5, 0.6) is 23.3 Å². The van der Waals surface area contributed by atoms with Gasteiger partial charge in [-0.15, -0.1) is 0 Å². The Balaban J connectivity index is 0.804. The summed E-state index contributed by atoms with van der Waals surface area (Å²) < 4.78 is 63.5. The van der Waals surface area contributed by atoms with E-state index >= 15 is 4.39 Å². The number of aliphatic hydroxyl groups is 1. The summed E-state index contributed by atoms with van der Waals surface area (Å²) in [6, 6.07) is 21.7. The maximum absolute atomic E-state index is 15.1. The van der Waals surface area contributed by atoms with Crippen LogP contribution in [0, 0.1) is 22.4 Å². The molecule has 1 amide bonds. The number of halogens is 1. The van der Waals surface area contributed by atoms with Gasteiger partial charge >= 0.3 is 0 Å². The standard InChI is InChI=1S/C61H77FN10O8S/c1-7-79-59-54(30-49-50(62)35-65-55(49)67-59)80-53-28-42(15-17-48(53)57(73)68-81(76,77)44-29-51(69(5)75)56(64-34-44)63-33-39-18-20-60(4,74)21-19-39)71-24-22-61(23-25-71)31-43(32-61)72-27-26-70(37-52(72)47-11-9-8-10-45(47)38(2)3)36-41-14-16-46(40-12-13-40)58(66-41)78-6/h8-11,14-17,28-30,34-35,38-40,43,52,69,74H,7,12-13,18-27,31-33,36-37H2,1-6H3,(H,63,64)(H,65,67)(H,68,73)/t39?,52-,60?/m0/s1. The Morgan fingerprint density at radius 1 is 0.951 bits per heavy atom. The zero-order valence-electron chi connectivity index (χ0n) is 47.4. The second-order valence-electron chi connectivity index (χ2n) is 23.9. The Labute approximate surface area is 474 Å². The fourth-order valence-electron chi connectivity index (χ4n) is 12.9. The molecule has 3 aliphatic carbocycles. The van der Waals surface area contributed by atoms with Crippen molar-refractivity contribution < 1.29 is 42.0 Å². The lowest BCUT2D eigenvalue weighted by Crippen LogP contribution is -2.98. The van der Waals surface area contributed by atoms with Crippen LogP contribution in [-0.4, -0.2) is 121 Å². The molecule has 5 N–H and O–H groups in total. The number of H-pyrrole nitrogens is 1. The maximum Gasteiger partial charge on any atom is 0.268 e. The zero-order chi connectivity index (χ0) is 56.8. The van der Waals surface area contributed by atoms with Gasteiger partial charge < -0.3 is 44.8 Å². The van der Waals surface area contributed by atoms with E-state index in [-0.39, 0.29) is 74.4 Å². The largest absolute Gasteiger partial charge is 0.629 e. The maximum atomic E-state index is 15.1. The molecule has 4 aromatic heterocycles. The van der Waals surface area contributed by atoms with Crippen molar-refractivity contribution in [1.29, 1.82) is 0 Å². The third-order valence-corrected chi connectivity index (χ3v) is 19.1. The molecule has 2 aliphatic heterocycles. The van der Waals surface area contributed by atoms with Crippen LogP contribution in [0.15, 0.2) is 84.0 Å². The first-order chi connectivity index (χ1) is 38.9. The lowest BCUT2D eigenvalue weighted by molar-refractivity contribution is -0.751. The average Bonchev–Trinajstić information content (AvgIpc) is 4.30. The van der Waals surface area contributed by atoms with Crippen molar-refractivity contribution >= 4 is 44.2 Å². The number of hydrogen-bond acceptors (Lipinski definition) is 15. The number of benzene rings is 2. The van der Waals surface area contributed by atoms with Crippen molar-refractivity contribution in [3.05, 3.63) is 118 Å². The summed E-state index contributed by atoms with van der Waals surface area (Å²) in [6.45, 7) is 14.0. The minimum Gasteiger partial charge on any atom is -0.629 e. The van der Waals surface area contributed by atoms with Crippen LogP contribution in [-0.2, 0) is 16.6 Å².